The van der Waals surface area contributed by atoms with Crippen LogP contribution in [0, 0.1) is 10.1 Å². The Balaban J connectivity index is 1.92. The highest BCUT2D eigenvalue weighted by atomic mass is 16.9. The average Bonchev–Trinajstić information content (AvgIpc) is 2.90. The summed E-state index contributed by atoms with van der Waals surface area (Å²) in [4.78, 5) is 41.4. The van der Waals surface area contributed by atoms with E-state index in [0.717, 1.165) is 15.4 Å². The molecule has 0 aliphatic heterocycles. The van der Waals surface area contributed by atoms with Gasteiger partial charge in [0.25, 0.3) is 5.09 Å². The van der Waals surface area contributed by atoms with Crippen LogP contribution in [-0.4, -0.2) is 48.6 Å². The standard InChI is InChI=1S/C10H12N6O6/c1-14-10(18)15-6-11-7(8(15)12-13-14)9(17)21-4-2-3-5-22-16(19)20/h6H,2-5H2,1H3. The number of fused-ring (bicyclic) bond motifs is 1. The summed E-state index contributed by atoms with van der Waals surface area (Å²) in [6, 6.07) is 0. The minimum atomic E-state index is -0.886. The Bertz CT molecular complexity index is 752. The largest absolute Gasteiger partial charge is 0.461 e. The van der Waals surface area contributed by atoms with Gasteiger partial charge in [0.2, 0.25) is 0 Å². The molecule has 0 N–H and O–H groups in total. The van der Waals surface area contributed by atoms with Crippen LogP contribution in [0.25, 0.3) is 5.65 Å². The number of ether oxygens (including phenoxy) is 1. The molecule has 0 unspecified atom stereocenters. The molecule has 0 atom stereocenters. The topological polar surface area (TPSA) is 144 Å². The fraction of sp³-hybridized carbons (Fsp3) is 0.500. The van der Waals surface area contributed by atoms with Crippen LogP contribution < -0.4 is 5.69 Å². The zero-order chi connectivity index (χ0) is 16.1. The van der Waals surface area contributed by atoms with E-state index < -0.39 is 16.7 Å². The smallest absolute Gasteiger partial charge is 0.360 e. The van der Waals surface area contributed by atoms with Crippen LogP contribution in [0.5, 0.6) is 0 Å². The molecule has 0 amide bonds. The molecule has 2 heterocycles. The van der Waals surface area contributed by atoms with Gasteiger partial charge in [0.05, 0.1) is 13.2 Å². The molecule has 2 aromatic rings. The summed E-state index contributed by atoms with van der Waals surface area (Å²) >= 11 is 0. The maximum absolute atomic E-state index is 11.8. The first-order valence-corrected chi connectivity index (χ1v) is 6.22. The zero-order valence-electron chi connectivity index (χ0n) is 11.5. The Kier molecular flexibility index (Phi) is 4.60. The lowest BCUT2D eigenvalue weighted by Gasteiger charge is -2.03. The van der Waals surface area contributed by atoms with Crippen LogP contribution in [0.15, 0.2) is 11.1 Å². The molecule has 0 saturated heterocycles. The van der Waals surface area contributed by atoms with Crippen LogP contribution in [0.1, 0.15) is 23.3 Å². The van der Waals surface area contributed by atoms with Crippen molar-refractivity contribution in [2.45, 2.75) is 12.8 Å². The van der Waals surface area contributed by atoms with Crippen molar-refractivity contribution in [2.75, 3.05) is 13.2 Å². The van der Waals surface area contributed by atoms with Crippen molar-refractivity contribution >= 4 is 11.6 Å². The molecule has 118 valence electrons. The Morgan fingerprint density at radius 1 is 1.41 bits per heavy atom. The molecule has 22 heavy (non-hydrogen) atoms. The second-order valence-electron chi connectivity index (χ2n) is 4.18. The van der Waals surface area contributed by atoms with E-state index in [4.69, 9.17) is 4.74 Å². The number of esters is 1. The molecule has 0 spiro atoms. The van der Waals surface area contributed by atoms with Crippen molar-refractivity contribution in [1.82, 2.24) is 24.4 Å². The lowest BCUT2D eigenvalue weighted by molar-refractivity contribution is -0.757. The lowest BCUT2D eigenvalue weighted by atomic mass is 10.3. The van der Waals surface area contributed by atoms with Crippen LogP contribution >= 0.6 is 0 Å². The Labute approximate surface area is 122 Å². The first-order chi connectivity index (χ1) is 10.5. The minimum absolute atomic E-state index is 0.00443. The number of hydrogen-bond acceptors (Lipinski definition) is 9. The third-order valence-corrected chi connectivity index (χ3v) is 2.66. The molecule has 12 heteroatoms. The van der Waals surface area contributed by atoms with Gasteiger partial charge in [-0.05, 0) is 12.8 Å². The van der Waals surface area contributed by atoms with Crippen LogP contribution in [0.4, 0.5) is 0 Å². The molecule has 12 nitrogen and oxygen atoms in total. The monoisotopic (exact) mass is 312 g/mol. The molecule has 0 bridgehead atoms. The molecular weight excluding hydrogens is 300 g/mol. The van der Waals surface area contributed by atoms with Gasteiger partial charge in [-0.15, -0.1) is 15.2 Å². The van der Waals surface area contributed by atoms with Gasteiger partial charge in [-0.3, -0.25) is 0 Å². The number of carbonyl (C=O) groups excluding carboxylic acids is 1. The van der Waals surface area contributed by atoms with Crippen molar-refractivity contribution in [3.05, 3.63) is 32.6 Å². The number of rotatable bonds is 7. The maximum Gasteiger partial charge on any atom is 0.360 e. The number of aromatic nitrogens is 5. The van der Waals surface area contributed by atoms with E-state index in [9.17, 15) is 19.7 Å². The molecule has 0 aliphatic carbocycles. The molecular formula is C10H12N6O6. The van der Waals surface area contributed by atoms with E-state index in [0.29, 0.717) is 12.8 Å². The van der Waals surface area contributed by atoms with Gasteiger partial charge in [0.15, 0.2) is 11.3 Å². The third-order valence-electron chi connectivity index (χ3n) is 2.66. The molecule has 2 aromatic heterocycles. The number of carbonyl (C=O) groups is 1. The highest BCUT2D eigenvalue weighted by molar-refractivity contribution is 5.93. The molecule has 0 radical (unpaired) electrons. The molecule has 0 fully saturated rings. The van der Waals surface area contributed by atoms with Crippen LogP contribution in [0.3, 0.4) is 0 Å². The van der Waals surface area contributed by atoms with Gasteiger partial charge in [-0.2, -0.15) is 4.68 Å². The summed E-state index contributed by atoms with van der Waals surface area (Å²) in [5.41, 5.74) is -0.606. The van der Waals surface area contributed by atoms with E-state index in [2.05, 4.69) is 20.1 Å². The van der Waals surface area contributed by atoms with Gasteiger partial charge >= 0.3 is 11.7 Å². The molecule has 0 aromatic carbocycles. The normalized spacial score (nSPS) is 10.6. The quantitative estimate of drug-likeness (QED) is 0.271. The third kappa shape index (κ3) is 3.34. The second-order valence-corrected chi connectivity index (χ2v) is 4.18. The number of unbranched alkanes of at least 4 members (excludes halogenated alkanes) is 1. The van der Waals surface area contributed by atoms with E-state index in [1.807, 2.05) is 0 Å². The summed E-state index contributed by atoms with van der Waals surface area (Å²) in [5, 5.41) is 16.3. The number of nitrogens with zero attached hydrogens (tertiary/aromatic N) is 6. The van der Waals surface area contributed by atoms with E-state index in [1.54, 1.807) is 0 Å². The first-order valence-electron chi connectivity index (χ1n) is 6.22. The van der Waals surface area contributed by atoms with Gasteiger partial charge in [0, 0.05) is 7.05 Å². The number of aryl methyl sites for hydroxylation is 1. The van der Waals surface area contributed by atoms with Crippen LogP contribution in [-0.2, 0) is 16.6 Å². The zero-order valence-corrected chi connectivity index (χ0v) is 11.5. The fourth-order valence-electron chi connectivity index (χ4n) is 1.60. The predicted octanol–water partition coefficient (Wildman–Crippen LogP) is -1.03. The second kappa shape index (κ2) is 6.60. The Morgan fingerprint density at radius 3 is 2.86 bits per heavy atom. The van der Waals surface area contributed by atoms with E-state index in [1.165, 1.54) is 7.05 Å². The molecule has 0 saturated carbocycles. The fourth-order valence-corrected chi connectivity index (χ4v) is 1.60. The van der Waals surface area contributed by atoms with Crippen molar-refractivity contribution in [3.63, 3.8) is 0 Å². The maximum atomic E-state index is 11.8. The lowest BCUT2D eigenvalue weighted by Crippen LogP contribution is -2.27. The van der Waals surface area contributed by atoms with Gasteiger partial charge in [0.1, 0.15) is 6.33 Å². The van der Waals surface area contributed by atoms with Crippen LogP contribution in [0.2, 0.25) is 0 Å². The average molecular weight is 312 g/mol. The van der Waals surface area contributed by atoms with Crippen molar-refractivity contribution in [2.24, 2.45) is 7.05 Å². The van der Waals surface area contributed by atoms with Crippen molar-refractivity contribution < 1.29 is 19.5 Å². The Hall–Kier alpha value is -3.05. The molecule has 0 aliphatic rings. The van der Waals surface area contributed by atoms with Crippen molar-refractivity contribution in [1.29, 1.82) is 0 Å². The summed E-state index contributed by atoms with van der Waals surface area (Å²) in [5.74, 6) is -0.750. The Morgan fingerprint density at radius 2 is 2.14 bits per heavy atom. The van der Waals surface area contributed by atoms with Gasteiger partial charge in [-0.25, -0.2) is 19.0 Å². The van der Waals surface area contributed by atoms with Gasteiger partial charge < -0.3 is 9.57 Å². The number of imidazole rings is 1. The summed E-state index contributed by atoms with van der Waals surface area (Å²) in [6.07, 6.45) is 1.91. The van der Waals surface area contributed by atoms with E-state index in [-0.39, 0.29) is 24.6 Å². The van der Waals surface area contributed by atoms with Gasteiger partial charge in [-0.1, -0.05) is 5.21 Å². The first kappa shape index (κ1) is 15.3. The summed E-state index contributed by atoms with van der Waals surface area (Å²) in [6.45, 7) is -0.0311. The summed E-state index contributed by atoms with van der Waals surface area (Å²) in [7, 11) is 1.42. The number of hydrogen-bond donors (Lipinski definition) is 0. The summed E-state index contributed by atoms with van der Waals surface area (Å²) < 4.78 is 7.03. The SMILES string of the molecule is Cn1nnc2c(C(=O)OCCCCO[N+](=O)[O-])ncn2c1=O. The van der Waals surface area contributed by atoms with Crippen molar-refractivity contribution in [3.8, 4) is 0 Å². The highest BCUT2D eigenvalue weighted by Crippen LogP contribution is 2.05. The predicted molar refractivity (Wildman–Crippen MR) is 68.5 cm³/mol. The van der Waals surface area contributed by atoms with E-state index >= 15 is 0 Å². The minimum Gasteiger partial charge on any atom is -0.461 e. The highest BCUT2D eigenvalue weighted by Gasteiger charge is 2.18. The molecule has 2 rings (SSSR count).